The van der Waals surface area contributed by atoms with E-state index in [1.807, 2.05) is 4.72 Å². The first-order valence-corrected chi connectivity index (χ1v) is 7.10. The van der Waals surface area contributed by atoms with Crippen LogP contribution in [0.15, 0.2) is 18.2 Å². The maximum atomic E-state index is 12.4. The quantitative estimate of drug-likeness (QED) is 0.830. The number of nitrogens with two attached hydrogens (primary N) is 1. The molecule has 0 unspecified atom stereocenters. The third-order valence-corrected chi connectivity index (χ3v) is 3.76. The van der Waals surface area contributed by atoms with Crippen LogP contribution in [0, 0.1) is 0 Å². The van der Waals surface area contributed by atoms with Crippen LogP contribution in [-0.2, 0) is 16.2 Å². The van der Waals surface area contributed by atoms with Crippen LogP contribution < -0.4 is 10.5 Å². The van der Waals surface area contributed by atoms with Crippen molar-refractivity contribution in [3.05, 3.63) is 28.8 Å². The number of sulfonamides is 1. The van der Waals surface area contributed by atoms with E-state index < -0.39 is 27.5 Å². The van der Waals surface area contributed by atoms with E-state index in [1.54, 1.807) is 0 Å². The highest BCUT2D eigenvalue weighted by Gasteiger charge is 2.31. The fourth-order valence-corrected chi connectivity index (χ4v) is 2.87. The number of benzene rings is 1. The van der Waals surface area contributed by atoms with Crippen LogP contribution in [0.3, 0.4) is 0 Å². The van der Waals surface area contributed by atoms with Gasteiger partial charge in [0.05, 0.1) is 21.3 Å². The minimum atomic E-state index is -4.56. The summed E-state index contributed by atoms with van der Waals surface area (Å²) in [6.07, 6.45) is -4.56. The summed E-state index contributed by atoms with van der Waals surface area (Å²) in [6, 6.07) is 2.26. The Morgan fingerprint density at radius 1 is 1.42 bits per heavy atom. The Kier molecular flexibility index (Phi) is 4.64. The summed E-state index contributed by atoms with van der Waals surface area (Å²) >= 11 is 10.0. The number of rotatable bonds is 4. The van der Waals surface area contributed by atoms with Crippen LogP contribution >= 0.6 is 23.8 Å². The van der Waals surface area contributed by atoms with Crippen LogP contribution in [0.25, 0.3) is 0 Å². The fraction of sp³-hybridized carbons (Fsp3) is 0.222. The van der Waals surface area contributed by atoms with E-state index in [4.69, 9.17) is 17.3 Å². The Bertz CT molecular complexity index is 602. The summed E-state index contributed by atoms with van der Waals surface area (Å²) in [7, 11) is -3.89. The second-order valence-corrected chi connectivity index (χ2v) is 6.17. The van der Waals surface area contributed by atoms with Crippen molar-refractivity contribution in [1.29, 1.82) is 0 Å². The van der Waals surface area contributed by atoms with Gasteiger partial charge in [0.1, 0.15) is 5.75 Å². The molecule has 1 rings (SSSR count). The van der Waals surface area contributed by atoms with Crippen LogP contribution in [0.5, 0.6) is 0 Å². The second kappa shape index (κ2) is 5.51. The first-order valence-electron chi connectivity index (χ1n) is 4.67. The number of hydrogen-bond donors (Lipinski definition) is 2. The molecule has 0 spiro atoms. The minimum absolute atomic E-state index is 0.175. The molecular weight excluding hydrogens is 325 g/mol. The lowest BCUT2D eigenvalue weighted by Crippen LogP contribution is -2.26. The summed E-state index contributed by atoms with van der Waals surface area (Å²) in [5.41, 5.74) is 3.93. The van der Waals surface area contributed by atoms with Crippen molar-refractivity contribution in [3.63, 3.8) is 0 Å². The van der Waals surface area contributed by atoms with Crippen molar-refractivity contribution < 1.29 is 21.6 Å². The topological polar surface area (TPSA) is 72.2 Å². The lowest BCUT2D eigenvalue weighted by molar-refractivity contribution is -0.137. The van der Waals surface area contributed by atoms with Crippen LogP contribution in [0.4, 0.5) is 18.9 Å². The number of alkyl halides is 3. The molecule has 1 aromatic carbocycles. The van der Waals surface area contributed by atoms with Crippen molar-refractivity contribution in [2.45, 2.75) is 6.18 Å². The largest absolute Gasteiger partial charge is 0.416 e. The third-order valence-electron chi connectivity index (χ3n) is 1.89. The van der Waals surface area contributed by atoms with Gasteiger partial charge >= 0.3 is 6.18 Å². The lowest BCUT2D eigenvalue weighted by Gasteiger charge is -2.11. The maximum Gasteiger partial charge on any atom is 0.416 e. The predicted molar refractivity (Wildman–Crippen MR) is 70.6 cm³/mol. The van der Waals surface area contributed by atoms with Gasteiger partial charge in [-0.05, 0) is 18.2 Å². The number of anilines is 1. The number of halogens is 4. The average molecular weight is 333 g/mol. The van der Waals surface area contributed by atoms with Gasteiger partial charge < -0.3 is 5.73 Å². The van der Waals surface area contributed by atoms with Gasteiger partial charge in [0.25, 0.3) is 0 Å². The Balaban J connectivity index is 3.02. The molecule has 0 radical (unpaired) electrons. The minimum Gasteiger partial charge on any atom is -0.392 e. The van der Waals surface area contributed by atoms with E-state index in [0.29, 0.717) is 12.1 Å². The maximum absolute atomic E-state index is 12.4. The molecule has 0 aromatic heterocycles. The van der Waals surface area contributed by atoms with E-state index in [9.17, 15) is 21.6 Å². The molecule has 0 aliphatic rings. The molecule has 0 saturated heterocycles. The highest BCUT2D eigenvalue weighted by Crippen LogP contribution is 2.33. The molecular formula is C9H8ClF3N2O2S2. The molecule has 0 heterocycles. The zero-order chi connectivity index (χ0) is 14.8. The average Bonchev–Trinajstić information content (AvgIpc) is 2.16. The summed E-state index contributed by atoms with van der Waals surface area (Å²) in [6.45, 7) is 0. The number of thiocarbonyl (C=S) groups is 1. The Morgan fingerprint density at radius 3 is 2.42 bits per heavy atom. The van der Waals surface area contributed by atoms with Gasteiger partial charge in [-0.15, -0.1) is 0 Å². The van der Waals surface area contributed by atoms with Crippen molar-refractivity contribution in [3.8, 4) is 0 Å². The van der Waals surface area contributed by atoms with Gasteiger partial charge in [-0.25, -0.2) is 8.42 Å². The summed E-state index contributed by atoms with van der Waals surface area (Å²) in [5.74, 6) is -0.625. The normalized spacial score (nSPS) is 12.2. The summed E-state index contributed by atoms with van der Waals surface area (Å²) in [4.78, 5) is -0.268. The molecule has 19 heavy (non-hydrogen) atoms. The Labute approximate surface area is 117 Å². The van der Waals surface area contributed by atoms with E-state index in [1.165, 1.54) is 0 Å². The zero-order valence-corrected chi connectivity index (χ0v) is 11.6. The highest BCUT2D eigenvalue weighted by molar-refractivity contribution is 7.95. The van der Waals surface area contributed by atoms with Crippen molar-refractivity contribution in [2.24, 2.45) is 5.73 Å². The second-order valence-electron chi connectivity index (χ2n) is 3.52. The molecule has 0 bridgehead atoms. The molecule has 3 N–H and O–H groups in total. The van der Waals surface area contributed by atoms with Crippen molar-refractivity contribution >= 4 is 44.5 Å². The molecule has 0 aliphatic heterocycles. The zero-order valence-electron chi connectivity index (χ0n) is 9.16. The Hall–Kier alpha value is -1.06. The van der Waals surface area contributed by atoms with Crippen LogP contribution in [0.2, 0.25) is 5.02 Å². The van der Waals surface area contributed by atoms with Gasteiger partial charge in [-0.3, -0.25) is 4.72 Å². The molecule has 0 aliphatic carbocycles. The standard InChI is InChI=1S/C9H8ClF3N2O2S2/c10-6-3-5(9(11,12)13)1-2-7(6)15-19(16,17)4-8(14)18/h1-3,15H,4H2,(H2,14,18). The van der Waals surface area contributed by atoms with Gasteiger partial charge in [0.15, 0.2) is 0 Å². The molecule has 0 amide bonds. The monoisotopic (exact) mass is 332 g/mol. The van der Waals surface area contributed by atoms with Gasteiger partial charge in [-0.2, -0.15) is 13.2 Å². The van der Waals surface area contributed by atoms with E-state index >= 15 is 0 Å². The van der Waals surface area contributed by atoms with Crippen molar-refractivity contribution in [1.82, 2.24) is 0 Å². The van der Waals surface area contributed by atoms with E-state index in [2.05, 4.69) is 12.2 Å². The van der Waals surface area contributed by atoms with Crippen LogP contribution in [0.1, 0.15) is 5.56 Å². The molecule has 0 atom stereocenters. The summed E-state index contributed by atoms with van der Waals surface area (Å²) in [5, 5.41) is -0.374. The predicted octanol–water partition coefficient (Wildman–Crippen LogP) is 2.39. The third kappa shape index (κ3) is 4.84. The van der Waals surface area contributed by atoms with Gasteiger partial charge in [0, 0.05) is 0 Å². The highest BCUT2D eigenvalue weighted by atomic mass is 35.5. The smallest absolute Gasteiger partial charge is 0.392 e. The number of hydrogen-bond acceptors (Lipinski definition) is 3. The molecule has 1 aromatic rings. The van der Waals surface area contributed by atoms with Gasteiger partial charge in [-0.1, -0.05) is 23.8 Å². The molecule has 4 nitrogen and oxygen atoms in total. The van der Waals surface area contributed by atoms with E-state index in [0.717, 1.165) is 6.07 Å². The SMILES string of the molecule is NC(=S)CS(=O)(=O)Nc1ccc(C(F)(F)F)cc1Cl. The number of nitrogens with one attached hydrogen (secondary N) is 1. The Morgan fingerprint density at radius 2 is 2.00 bits per heavy atom. The molecule has 0 saturated carbocycles. The summed E-state index contributed by atoms with van der Waals surface area (Å²) < 4.78 is 62.1. The molecule has 106 valence electrons. The molecule has 10 heteroatoms. The first kappa shape index (κ1) is 16.0. The van der Waals surface area contributed by atoms with E-state index in [-0.39, 0.29) is 15.7 Å². The van der Waals surface area contributed by atoms with Crippen LogP contribution in [-0.4, -0.2) is 19.2 Å². The van der Waals surface area contributed by atoms with Gasteiger partial charge in [0.2, 0.25) is 10.0 Å². The fourth-order valence-electron chi connectivity index (χ4n) is 1.17. The molecule has 0 fully saturated rings. The first-order chi connectivity index (χ1) is 8.51. The lowest BCUT2D eigenvalue weighted by atomic mass is 10.2. The van der Waals surface area contributed by atoms with Crippen molar-refractivity contribution in [2.75, 3.05) is 10.5 Å².